The van der Waals surface area contributed by atoms with Crippen LogP contribution >= 0.6 is 15.9 Å². The van der Waals surface area contributed by atoms with Crippen molar-refractivity contribution in [1.82, 2.24) is 4.90 Å². The van der Waals surface area contributed by atoms with Crippen LogP contribution in [-0.2, 0) is 5.54 Å². The molecule has 0 spiro atoms. The summed E-state index contributed by atoms with van der Waals surface area (Å²) in [6.45, 7) is 5.83. The van der Waals surface area contributed by atoms with Crippen molar-refractivity contribution in [2.75, 3.05) is 0 Å². The molecule has 0 saturated heterocycles. The Balaban J connectivity index is 2.41. The molecule has 98 valence electrons. The molecular formula is C14H18BrNO2. The summed E-state index contributed by atoms with van der Waals surface area (Å²) in [5.74, 6) is 0. The Morgan fingerprint density at radius 1 is 1.28 bits per heavy atom. The van der Waals surface area contributed by atoms with Crippen LogP contribution < -0.4 is 0 Å². The van der Waals surface area contributed by atoms with E-state index < -0.39 is 11.6 Å². The first-order chi connectivity index (χ1) is 8.27. The summed E-state index contributed by atoms with van der Waals surface area (Å²) in [6, 6.07) is 7.97. The molecule has 0 aromatic heterocycles. The number of rotatable bonds is 2. The summed E-state index contributed by atoms with van der Waals surface area (Å²) in [5.41, 5.74) is 0.364. The predicted molar refractivity (Wildman–Crippen MR) is 74.7 cm³/mol. The number of nitrogens with zero attached hydrogens (tertiary/aromatic N) is 1. The van der Waals surface area contributed by atoms with Crippen molar-refractivity contribution >= 4 is 22.0 Å². The zero-order chi connectivity index (χ0) is 13.6. The van der Waals surface area contributed by atoms with Gasteiger partial charge in [0.25, 0.3) is 0 Å². The number of amides is 1. The Morgan fingerprint density at radius 2 is 1.78 bits per heavy atom. The number of halogens is 1. The highest BCUT2D eigenvalue weighted by atomic mass is 79.9. The maximum absolute atomic E-state index is 11.6. The van der Waals surface area contributed by atoms with Gasteiger partial charge in [0.05, 0.1) is 5.54 Å². The Morgan fingerprint density at radius 3 is 2.11 bits per heavy atom. The molecule has 0 atom stereocenters. The minimum Gasteiger partial charge on any atom is -0.465 e. The molecule has 1 fully saturated rings. The van der Waals surface area contributed by atoms with Crippen LogP contribution in [0.3, 0.4) is 0 Å². The highest BCUT2D eigenvalue weighted by Gasteiger charge is 2.55. The summed E-state index contributed by atoms with van der Waals surface area (Å²) in [5, 5.41) is 9.52. The van der Waals surface area contributed by atoms with Crippen LogP contribution in [-0.4, -0.2) is 21.6 Å². The topological polar surface area (TPSA) is 40.5 Å². The average molecular weight is 312 g/mol. The molecular weight excluding hydrogens is 294 g/mol. The molecule has 3 nitrogen and oxygen atoms in total. The lowest BCUT2D eigenvalue weighted by Gasteiger charge is -2.40. The molecule has 1 aliphatic carbocycles. The molecule has 1 N–H and O–H groups in total. The molecule has 0 bridgehead atoms. The van der Waals surface area contributed by atoms with Crippen LogP contribution in [0.1, 0.15) is 39.2 Å². The van der Waals surface area contributed by atoms with Gasteiger partial charge in [0.15, 0.2) is 0 Å². The summed E-state index contributed by atoms with van der Waals surface area (Å²) in [7, 11) is 0. The van der Waals surface area contributed by atoms with Gasteiger partial charge in [0, 0.05) is 10.0 Å². The van der Waals surface area contributed by atoms with Crippen molar-refractivity contribution in [1.29, 1.82) is 0 Å². The minimum absolute atomic E-state index is 0.329. The summed E-state index contributed by atoms with van der Waals surface area (Å²) >= 11 is 3.41. The van der Waals surface area contributed by atoms with E-state index in [1.807, 2.05) is 45.0 Å². The molecule has 1 amide bonds. The molecule has 0 heterocycles. The number of hydrogen-bond donors (Lipinski definition) is 1. The molecule has 0 aliphatic heterocycles. The van der Waals surface area contributed by atoms with E-state index in [0.717, 1.165) is 22.9 Å². The summed E-state index contributed by atoms with van der Waals surface area (Å²) < 4.78 is 1.01. The summed E-state index contributed by atoms with van der Waals surface area (Å²) in [6.07, 6.45) is 0.957. The first-order valence-corrected chi connectivity index (χ1v) is 6.86. The van der Waals surface area contributed by atoms with Gasteiger partial charge in [-0.05, 0) is 51.3 Å². The average Bonchev–Trinajstić information content (AvgIpc) is 2.97. The third kappa shape index (κ3) is 2.26. The first-order valence-electron chi connectivity index (χ1n) is 6.07. The van der Waals surface area contributed by atoms with Crippen molar-refractivity contribution < 1.29 is 9.90 Å². The molecule has 18 heavy (non-hydrogen) atoms. The zero-order valence-electron chi connectivity index (χ0n) is 10.9. The van der Waals surface area contributed by atoms with E-state index in [1.165, 1.54) is 0 Å². The highest BCUT2D eigenvalue weighted by molar-refractivity contribution is 9.10. The molecule has 1 aromatic carbocycles. The van der Waals surface area contributed by atoms with E-state index in [1.54, 1.807) is 4.90 Å². The van der Waals surface area contributed by atoms with Crippen LogP contribution in [0.5, 0.6) is 0 Å². The monoisotopic (exact) mass is 311 g/mol. The van der Waals surface area contributed by atoms with Gasteiger partial charge in [-0.2, -0.15) is 0 Å². The SMILES string of the molecule is CC(C)(C)N(C(=O)O)C1(c2ccc(Br)cc2)CC1. The van der Waals surface area contributed by atoms with Crippen molar-refractivity contribution in [3.8, 4) is 0 Å². The minimum atomic E-state index is -0.845. The third-order valence-corrected chi connectivity index (χ3v) is 3.92. The predicted octanol–water partition coefficient (Wildman–Crippen LogP) is 4.22. The first kappa shape index (κ1) is 13.4. The van der Waals surface area contributed by atoms with E-state index in [2.05, 4.69) is 15.9 Å². The number of benzene rings is 1. The fourth-order valence-corrected chi connectivity index (χ4v) is 2.90. The maximum atomic E-state index is 11.6. The van der Waals surface area contributed by atoms with Gasteiger partial charge >= 0.3 is 6.09 Å². The van der Waals surface area contributed by atoms with E-state index >= 15 is 0 Å². The van der Waals surface area contributed by atoms with Crippen LogP contribution in [0.15, 0.2) is 28.7 Å². The van der Waals surface area contributed by atoms with Gasteiger partial charge in [-0.3, -0.25) is 4.90 Å². The second kappa shape index (κ2) is 4.26. The highest BCUT2D eigenvalue weighted by Crippen LogP contribution is 2.53. The quantitative estimate of drug-likeness (QED) is 0.888. The second-order valence-electron chi connectivity index (χ2n) is 5.83. The fourth-order valence-electron chi connectivity index (χ4n) is 2.63. The lowest BCUT2D eigenvalue weighted by molar-refractivity contribution is 0.0595. The Labute approximate surface area is 116 Å². The van der Waals surface area contributed by atoms with Crippen molar-refractivity contribution in [2.24, 2.45) is 0 Å². The van der Waals surface area contributed by atoms with Crippen LogP contribution in [0.25, 0.3) is 0 Å². The lowest BCUT2D eigenvalue weighted by atomic mass is 9.96. The standard InChI is InChI=1S/C14H18BrNO2/c1-13(2,3)16(12(17)18)14(8-9-14)10-4-6-11(15)7-5-10/h4-7H,8-9H2,1-3H3,(H,17,18). The van der Waals surface area contributed by atoms with E-state index in [9.17, 15) is 9.90 Å². The molecule has 1 aromatic rings. The van der Waals surface area contributed by atoms with E-state index in [-0.39, 0.29) is 5.54 Å². The molecule has 1 aliphatic rings. The Bertz CT molecular complexity index is 458. The van der Waals surface area contributed by atoms with Crippen LogP contribution in [0.2, 0.25) is 0 Å². The Kier molecular flexibility index (Phi) is 3.18. The van der Waals surface area contributed by atoms with Gasteiger partial charge in [-0.15, -0.1) is 0 Å². The lowest BCUT2D eigenvalue weighted by Crippen LogP contribution is -2.51. The molecule has 0 radical (unpaired) electrons. The fraction of sp³-hybridized carbons (Fsp3) is 0.500. The zero-order valence-corrected chi connectivity index (χ0v) is 12.5. The van der Waals surface area contributed by atoms with Gasteiger partial charge in [-0.1, -0.05) is 28.1 Å². The van der Waals surface area contributed by atoms with Crippen molar-refractivity contribution in [3.05, 3.63) is 34.3 Å². The van der Waals surface area contributed by atoms with Gasteiger partial charge < -0.3 is 5.11 Å². The molecule has 0 unspecified atom stereocenters. The Hall–Kier alpha value is -1.03. The van der Waals surface area contributed by atoms with Gasteiger partial charge in [-0.25, -0.2) is 4.79 Å². The maximum Gasteiger partial charge on any atom is 0.408 e. The molecule has 2 rings (SSSR count). The normalized spacial score (nSPS) is 17.3. The van der Waals surface area contributed by atoms with Gasteiger partial charge in [0.2, 0.25) is 0 Å². The number of hydrogen-bond acceptors (Lipinski definition) is 1. The van der Waals surface area contributed by atoms with Crippen molar-refractivity contribution in [3.63, 3.8) is 0 Å². The van der Waals surface area contributed by atoms with Crippen molar-refractivity contribution in [2.45, 2.75) is 44.7 Å². The second-order valence-corrected chi connectivity index (χ2v) is 6.74. The number of carboxylic acid groups (broad SMARTS) is 1. The molecule has 4 heteroatoms. The third-order valence-electron chi connectivity index (χ3n) is 3.40. The van der Waals surface area contributed by atoms with Crippen LogP contribution in [0.4, 0.5) is 4.79 Å². The molecule has 1 saturated carbocycles. The largest absolute Gasteiger partial charge is 0.465 e. The number of carbonyl (C=O) groups is 1. The van der Waals surface area contributed by atoms with Crippen LogP contribution in [0, 0.1) is 0 Å². The smallest absolute Gasteiger partial charge is 0.408 e. The van der Waals surface area contributed by atoms with E-state index in [0.29, 0.717) is 0 Å². The summed E-state index contributed by atoms with van der Waals surface area (Å²) in [4.78, 5) is 13.2. The van der Waals surface area contributed by atoms with E-state index in [4.69, 9.17) is 0 Å². The van der Waals surface area contributed by atoms with Gasteiger partial charge in [0.1, 0.15) is 0 Å².